The number of nitrogens with one attached hydrogen (secondary N) is 1. The molecule has 1 atom stereocenters. The number of nitrogens with zero attached hydrogens (tertiary/aromatic N) is 3. The Morgan fingerprint density at radius 1 is 1.31 bits per heavy atom. The third-order valence-corrected chi connectivity index (χ3v) is 6.32. The summed E-state index contributed by atoms with van der Waals surface area (Å²) in [5, 5.41) is 2.99. The fraction of sp³-hybridized carbons (Fsp3) is 0.389. The molecule has 2 aromatic rings. The summed E-state index contributed by atoms with van der Waals surface area (Å²) in [5.74, 6) is 0.658. The summed E-state index contributed by atoms with van der Waals surface area (Å²) in [7, 11) is -1.28. The van der Waals surface area contributed by atoms with E-state index in [0.29, 0.717) is 30.0 Å². The lowest BCUT2D eigenvalue weighted by molar-refractivity contribution is 0.0708. The largest absolute Gasteiger partial charge is 0.371 e. The maximum atomic E-state index is 13.0. The molecule has 3 rings (SSSR count). The number of aromatic nitrogens is 2. The summed E-state index contributed by atoms with van der Waals surface area (Å²) in [4.78, 5) is 23.2. The van der Waals surface area contributed by atoms with E-state index in [1.165, 1.54) is 0 Å². The van der Waals surface area contributed by atoms with E-state index in [0.717, 1.165) is 5.56 Å². The molecule has 1 N–H and O–H groups in total. The van der Waals surface area contributed by atoms with Crippen LogP contribution in [0, 0.1) is 0 Å². The average molecular weight is 374 g/mol. The second kappa shape index (κ2) is 7.41. The third kappa shape index (κ3) is 3.70. The predicted molar refractivity (Wildman–Crippen MR) is 101 cm³/mol. The molecule has 26 heavy (non-hydrogen) atoms. The number of hydrogen-bond acceptors (Lipinski definition) is 6. The van der Waals surface area contributed by atoms with Crippen LogP contribution >= 0.6 is 0 Å². The van der Waals surface area contributed by atoms with Crippen molar-refractivity contribution in [2.24, 2.45) is 0 Å². The van der Waals surface area contributed by atoms with Crippen molar-refractivity contribution in [3.05, 3.63) is 42.2 Å². The molecule has 1 aliphatic rings. The van der Waals surface area contributed by atoms with Crippen molar-refractivity contribution >= 4 is 21.6 Å². The van der Waals surface area contributed by atoms with Gasteiger partial charge in [0.2, 0.25) is 0 Å². The molecule has 1 fully saturated rings. The maximum Gasteiger partial charge on any atom is 0.254 e. The summed E-state index contributed by atoms with van der Waals surface area (Å²) in [6.45, 7) is 2.34. The highest BCUT2D eigenvalue weighted by molar-refractivity contribution is 7.91. The fourth-order valence-electron chi connectivity index (χ4n) is 3.29. The topological polar surface area (TPSA) is 92.3 Å². The lowest BCUT2D eigenvalue weighted by atomic mass is 10.1. The second-order valence-corrected chi connectivity index (χ2v) is 8.46. The summed E-state index contributed by atoms with van der Waals surface area (Å²) in [5.41, 5.74) is 1.96. The Hall–Kier alpha value is -2.48. The zero-order chi connectivity index (χ0) is 18.7. The van der Waals surface area contributed by atoms with Gasteiger partial charge >= 0.3 is 0 Å². The molecule has 1 amide bonds. The zero-order valence-electron chi connectivity index (χ0n) is 14.8. The standard InChI is InChI=1S/C18H22N4O3S/c1-3-22(15-7-10-26(24,25)12-15)18(23)14-6-4-5-13(11-14)16-17(19-2)21-9-8-20-16/h4-6,8-9,11,15H,3,7,10,12H2,1-2H3,(H,19,21). The van der Waals surface area contributed by atoms with Crippen molar-refractivity contribution < 1.29 is 13.2 Å². The number of rotatable bonds is 5. The van der Waals surface area contributed by atoms with E-state index in [2.05, 4.69) is 15.3 Å². The van der Waals surface area contributed by atoms with Crippen molar-refractivity contribution in [2.45, 2.75) is 19.4 Å². The average Bonchev–Trinajstić information content (AvgIpc) is 3.01. The van der Waals surface area contributed by atoms with Crippen LogP contribution in [0.15, 0.2) is 36.7 Å². The molecule has 1 saturated heterocycles. The smallest absolute Gasteiger partial charge is 0.254 e. The first-order valence-electron chi connectivity index (χ1n) is 8.55. The van der Waals surface area contributed by atoms with E-state index in [4.69, 9.17) is 0 Å². The minimum atomic E-state index is -3.05. The highest BCUT2D eigenvalue weighted by atomic mass is 32.2. The summed E-state index contributed by atoms with van der Waals surface area (Å²) < 4.78 is 23.5. The molecule has 0 aliphatic carbocycles. The molecular formula is C18H22N4O3S. The van der Waals surface area contributed by atoms with Crippen LogP contribution in [0.1, 0.15) is 23.7 Å². The monoisotopic (exact) mass is 374 g/mol. The van der Waals surface area contributed by atoms with Gasteiger partial charge in [0.25, 0.3) is 5.91 Å². The Balaban J connectivity index is 1.90. The van der Waals surface area contributed by atoms with Gasteiger partial charge in [0, 0.05) is 43.2 Å². The van der Waals surface area contributed by atoms with Crippen LogP contribution in [0.3, 0.4) is 0 Å². The van der Waals surface area contributed by atoms with Gasteiger partial charge in [-0.3, -0.25) is 9.78 Å². The van der Waals surface area contributed by atoms with E-state index in [9.17, 15) is 13.2 Å². The third-order valence-electron chi connectivity index (χ3n) is 4.57. The van der Waals surface area contributed by atoms with Gasteiger partial charge < -0.3 is 10.2 Å². The van der Waals surface area contributed by atoms with Gasteiger partial charge in [0.05, 0.1) is 11.5 Å². The van der Waals surface area contributed by atoms with Crippen LogP contribution < -0.4 is 5.32 Å². The van der Waals surface area contributed by atoms with E-state index in [-0.39, 0.29) is 23.5 Å². The van der Waals surface area contributed by atoms with Crippen LogP contribution in [0.2, 0.25) is 0 Å². The van der Waals surface area contributed by atoms with Crippen LogP contribution in [0.25, 0.3) is 11.3 Å². The minimum absolute atomic E-state index is 0.0420. The maximum absolute atomic E-state index is 13.0. The molecule has 0 bridgehead atoms. The number of carbonyl (C=O) groups is 1. The Kier molecular flexibility index (Phi) is 5.22. The van der Waals surface area contributed by atoms with Crippen LogP contribution in [-0.4, -0.2) is 60.3 Å². The van der Waals surface area contributed by atoms with Crippen LogP contribution in [-0.2, 0) is 9.84 Å². The van der Waals surface area contributed by atoms with Crippen LogP contribution in [0.4, 0.5) is 5.82 Å². The molecule has 8 heteroatoms. The van der Waals surface area contributed by atoms with Crippen molar-refractivity contribution in [2.75, 3.05) is 30.4 Å². The van der Waals surface area contributed by atoms with Crippen molar-refractivity contribution in [3.63, 3.8) is 0 Å². The predicted octanol–water partition coefficient (Wildman–Crippen LogP) is 1.83. The first-order valence-corrected chi connectivity index (χ1v) is 10.4. The van der Waals surface area contributed by atoms with Gasteiger partial charge in [-0.1, -0.05) is 12.1 Å². The van der Waals surface area contributed by atoms with Gasteiger partial charge in [-0.2, -0.15) is 0 Å². The van der Waals surface area contributed by atoms with E-state index in [1.807, 2.05) is 13.0 Å². The normalized spacial score (nSPS) is 18.5. The summed E-state index contributed by atoms with van der Waals surface area (Å²) >= 11 is 0. The van der Waals surface area contributed by atoms with Crippen molar-refractivity contribution in [3.8, 4) is 11.3 Å². The number of amides is 1. The lowest BCUT2D eigenvalue weighted by Gasteiger charge is -2.27. The van der Waals surface area contributed by atoms with E-state index < -0.39 is 9.84 Å². The number of carbonyl (C=O) groups excluding carboxylic acids is 1. The Morgan fingerprint density at radius 3 is 2.73 bits per heavy atom. The molecule has 7 nitrogen and oxygen atoms in total. The van der Waals surface area contributed by atoms with Gasteiger partial charge in [0.1, 0.15) is 5.69 Å². The van der Waals surface area contributed by atoms with E-state index >= 15 is 0 Å². The zero-order valence-corrected chi connectivity index (χ0v) is 15.7. The first kappa shape index (κ1) is 18.3. The first-order chi connectivity index (χ1) is 12.4. The number of benzene rings is 1. The molecule has 138 valence electrons. The van der Waals surface area contributed by atoms with Gasteiger partial charge in [0.15, 0.2) is 15.7 Å². The Bertz CT molecular complexity index is 914. The highest BCUT2D eigenvalue weighted by Gasteiger charge is 2.34. The van der Waals surface area contributed by atoms with Gasteiger partial charge in [-0.25, -0.2) is 13.4 Å². The number of hydrogen-bond donors (Lipinski definition) is 1. The Labute approximate surface area is 153 Å². The van der Waals surface area contributed by atoms with Crippen molar-refractivity contribution in [1.82, 2.24) is 14.9 Å². The fourth-order valence-corrected chi connectivity index (χ4v) is 5.02. The van der Waals surface area contributed by atoms with E-state index in [1.54, 1.807) is 42.5 Å². The molecule has 2 heterocycles. The molecule has 0 radical (unpaired) electrons. The van der Waals surface area contributed by atoms with Gasteiger partial charge in [-0.05, 0) is 25.5 Å². The molecule has 1 aliphatic heterocycles. The SMILES string of the molecule is CCN(C(=O)c1cccc(-c2nccnc2NC)c1)C1CCS(=O)(=O)C1. The summed E-state index contributed by atoms with van der Waals surface area (Å²) in [6, 6.07) is 6.94. The molecule has 1 aromatic heterocycles. The summed E-state index contributed by atoms with van der Waals surface area (Å²) in [6.07, 6.45) is 3.70. The molecular weight excluding hydrogens is 352 g/mol. The number of anilines is 1. The lowest BCUT2D eigenvalue weighted by Crippen LogP contribution is -2.40. The van der Waals surface area contributed by atoms with Gasteiger partial charge in [-0.15, -0.1) is 0 Å². The van der Waals surface area contributed by atoms with Crippen LogP contribution in [0.5, 0.6) is 0 Å². The number of sulfone groups is 1. The van der Waals surface area contributed by atoms with Crippen molar-refractivity contribution in [1.29, 1.82) is 0 Å². The molecule has 0 spiro atoms. The second-order valence-electron chi connectivity index (χ2n) is 6.23. The quantitative estimate of drug-likeness (QED) is 0.858. The minimum Gasteiger partial charge on any atom is -0.371 e. The molecule has 0 saturated carbocycles. The Morgan fingerprint density at radius 2 is 2.08 bits per heavy atom. The molecule has 1 aromatic carbocycles. The molecule has 1 unspecified atom stereocenters. The highest BCUT2D eigenvalue weighted by Crippen LogP contribution is 2.25.